The number of hydrogen-bond donors (Lipinski definition) is 1. The lowest BCUT2D eigenvalue weighted by Crippen LogP contribution is -1.91. The van der Waals surface area contributed by atoms with Gasteiger partial charge in [0.2, 0.25) is 5.82 Å². The first-order chi connectivity index (χ1) is 12.6. The molecule has 0 saturated carbocycles. The Morgan fingerprint density at radius 3 is 2.15 bits per heavy atom. The number of nitrogens with zero attached hydrogens (tertiary/aromatic N) is 2. The van der Waals surface area contributed by atoms with E-state index in [4.69, 9.17) is 4.52 Å². The van der Waals surface area contributed by atoms with Gasteiger partial charge in [0.05, 0.1) is 11.1 Å². The molecule has 0 aliphatic carbocycles. The first kappa shape index (κ1) is 16.0. The summed E-state index contributed by atoms with van der Waals surface area (Å²) in [5.74, 6) is -1.89. The van der Waals surface area contributed by atoms with Crippen LogP contribution in [0.3, 0.4) is 0 Å². The molecule has 1 heterocycles. The van der Waals surface area contributed by atoms with Crippen LogP contribution in [-0.2, 0) is 0 Å². The third kappa shape index (κ3) is 2.71. The molecule has 128 valence electrons. The van der Waals surface area contributed by atoms with Gasteiger partial charge in [0, 0.05) is 5.56 Å². The minimum atomic E-state index is -0.792. The fourth-order valence-corrected chi connectivity index (χ4v) is 2.71. The van der Waals surface area contributed by atoms with Gasteiger partial charge in [0.1, 0.15) is 17.4 Å². The molecule has 0 bridgehead atoms. The maximum atomic E-state index is 13.9. The molecule has 6 heteroatoms. The van der Waals surface area contributed by atoms with Crippen LogP contribution in [0.4, 0.5) is 8.78 Å². The predicted molar refractivity (Wildman–Crippen MR) is 92.2 cm³/mol. The van der Waals surface area contributed by atoms with Crippen molar-refractivity contribution in [1.29, 1.82) is 0 Å². The second-order valence-corrected chi connectivity index (χ2v) is 5.59. The van der Waals surface area contributed by atoms with Crippen molar-refractivity contribution >= 4 is 0 Å². The molecular weight excluding hydrogens is 338 g/mol. The van der Waals surface area contributed by atoms with Crippen molar-refractivity contribution in [2.45, 2.75) is 0 Å². The number of halogens is 2. The fraction of sp³-hybridized carbons (Fsp3) is 0. The quantitative estimate of drug-likeness (QED) is 0.561. The average molecular weight is 350 g/mol. The summed E-state index contributed by atoms with van der Waals surface area (Å²) < 4.78 is 32.9. The van der Waals surface area contributed by atoms with E-state index < -0.39 is 11.6 Å². The van der Waals surface area contributed by atoms with Crippen LogP contribution in [0.5, 0.6) is 5.75 Å². The normalized spacial score (nSPS) is 10.8. The molecule has 4 aromatic rings. The third-order valence-electron chi connectivity index (χ3n) is 3.96. The number of hydrogen-bond acceptors (Lipinski definition) is 4. The second-order valence-electron chi connectivity index (χ2n) is 5.59. The van der Waals surface area contributed by atoms with Gasteiger partial charge in [-0.1, -0.05) is 53.7 Å². The Morgan fingerprint density at radius 1 is 0.769 bits per heavy atom. The Hall–Kier alpha value is -3.54. The summed E-state index contributed by atoms with van der Waals surface area (Å²) in [5, 5.41) is 14.3. The molecule has 1 aromatic heterocycles. The van der Waals surface area contributed by atoms with Gasteiger partial charge in [-0.05, 0) is 23.8 Å². The van der Waals surface area contributed by atoms with Gasteiger partial charge < -0.3 is 9.63 Å². The monoisotopic (exact) mass is 350 g/mol. The summed E-state index contributed by atoms with van der Waals surface area (Å²) in [6.07, 6.45) is 0. The van der Waals surface area contributed by atoms with Crippen LogP contribution in [0.15, 0.2) is 71.3 Å². The minimum absolute atomic E-state index is 0.0297. The molecule has 4 nitrogen and oxygen atoms in total. The molecule has 1 N–H and O–H groups in total. The fourth-order valence-electron chi connectivity index (χ4n) is 2.71. The van der Waals surface area contributed by atoms with Crippen LogP contribution in [0, 0.1) is 11.6 Å². The first-order valence-corrected chi connectivity index (χ1v) is 7.81. The molecule has 0 fully saturated rings. The van der Waals surface area contributed by atoms with Crippen LogP contribution in [-0.4, -0.2) is 15.2 Å². The van der Waals surface area contributed by atoms with E-state index in [1.54, 1.807) is 18.2 Å². The van der Waals surface area contributed by atoms with E-state index in [0.29, 0.717) is 5.56 Å². The molecule has 0 amide bonds. The lowest BCUT2D eigenvalue weighted by Gasteiger charge is -2.07. The number of benzene rings is 3. The lowest BCUT2D eigenvalue weighted by molar-refractivity contribution is 0.425. The standard InChI is InChI=1S/C20H12F2N2O2/c21-15-10-5-11-16(22)17(15)19-23-20(26-24-19)14-9-4-8-13(18(14)25)12-6-2-1-3-7-12/h1-11,25H. The average Bonchev–Trinajstić information content (AvgIpc) is 3.12. The minimum Gasteiger partial charge on any atom is -0.506 e. The Morgan fingerprint density at radius 2 is 1.42 bits per heavy atom. The Balaban J connectivity index is 1.80. The van der Waals surface area contributed by atoms with E-state index >= 15 is 0 Å². The maximum Gasteiger partial charge on any atom is 0.262 e. The molecule has 0 spiro atoms. The van der Waals surface area contributed by atoms with Crippen LogP contribution in [0.25, 0.3) is 34.0 Å². The molecular formula is C20H12F2N2O2. The van der Waals surface area contributed by atoms with Gasteiger partial charge in [-0.3, -0.25) is 0 Å². The van der Waals surface area contributed by atoms with Gasteiger partial charge in [0.15, 0.2) is 0 Å². The molecule has 0 unspecified atom stereocenters. The smallest absolute Gasteiger partial charge is 0.262 e. The number of phenols is 1. The lowest BCUT2D eigenvalue weighted by atomic mass is 10.0. The highest BCUT2D eigenvalue weighted by atomic mass is 19.1. The zero-order valence-corrected chi connectivity index (χ0v) is 13.4. The van der Waals surface area contributed by atoms with Crippen LogP contribution >= 0.6 is 0 Å². The third-order valence-corrected chi connectivity index (χ3v) is 3.96. The van der Waals surface area contributed by atoms with Gasteiger partial charge in [-0.15, -0.1) is 0 Å². The summed E-state index contributed by atoms with van der Waals surface area (Å²) >= 11 is 0. The van der Waals surface area contributed by atoms with Gasteiger partial charge in [0.25, 0.3) is 5.89 Å². The highest BCUT2D eigenvalue weighted by molar-refractivity contribution is 5.79. The number of aromatic nitrogens is 2. The van der Waals surface area contributed by atoms with E-state index in [1.807, 2.05) is 30.3 Å². The van der Waals surface area contributed by atoms with Crippen molar-refractivity contribution in [3.8, 4) is 39.7 Å². The van der Waals surface area contributed by atoms with Gasteiger partial charge >= 0.3 is 0 Å². The molecule has 0 atom stereocenters. The van der Waals surface area contributed by atoms with Crippen molar-refractivity contribution in [2.75, 3.05) is 0 Å². The van der Waals surface area contributed by atoms with Crippen molar-refractivity contribution in [3.63, 3.8) is 0 Å². The van der Waals surface area contributed by atoms with Crippen LogP contribution in [0.1, 0.15) is 0 Å². The Labute approximate surface area is 147 Å². The summed E-state index contributed by atoms with van der Waals surface area (Å²) in [7, 11) is 0. The number of aromatic hydroxyl groups is 1. The highest BCUT2D eigenvalue weighted by Crippen LogP contribution is 2.38. The van der Waals surface area contributed by atoms with Crippen molar-refractivity contribution in [3.05, 3.63) is 78.4 Å². The molecule has 3 aromatic carbocycles. The molecule has 26 heavy (non-hydrogen) atoms. The second kappa shape index (κ2) is 6.40. The largest absolute Gasteiger partial charge is 0.506 e. The first-order valence-electron chi connectivity index (χ1n) is 7.81. The summed E-state index contributed by atoms with van der Waals surface area (Å²) in [6, 6.07) is 17.8. The van der Waals surface area contributed by atoms with Crippen molar-refractivity contribution < 1.29 is 18.4 Å². The van der Waals surface area contributed by atoms with Crippen LogP contribution < -0.4 is 0 Å². The zero-order chi connectivity index (χ0) is 18.1. The summed E-state index contributed by atoms with van der Waals surface area (Å²) in [5.41, 5.74) is 1.30. The predicted octanol–water partition coefficient (Wildman–Crippen LogP) is 5.05. The zero-order valence-electron chi connectivity index (χ0n) is 13.4. The van der Waals surface area contributed by atoms with Crippen molar-refractivity contribution in [1.82, 2.24) is 10.1 Å². The Kier molecular flexibility index (Phi) is 3.93. The summed E-state index contributed by atoms with van der Waals surface area (Å²) in [6.45, 7) is 0. The number of phenolic OH excluding ortho intramolecular Hbond substituents is 1. The van der Waals surface area contributed by atoms with E-state index in [9.17, 15) is 13.9 Å². The SMILES string of the molecule is Oc1c(-c2ccccc2)cccc1-c1nc(-c2c(F)cccc2F)no1. The molecule has 0 aliphatic rings. The van der Waals surface area contributed by atoms with E-state index in [1.165, 1.54) is 6.07 Å². The maximum absolute atomic E-state index is 13.9. The van der Waals surface area contributed by atoms with Crippen LogP contribution in [0.2, 0.25) is 0 Å². The van der Waals surface area contributed by atoms with E-state index in [-0.39, 0.29) is 28.6 Å². The molecule has 0 radical (unpaired) electrons. The molecule has 0 aliphatic heterocycles. The number of para-hydroxylation sites is 1. The van der Waals surface area contributed by atoms with E-state index in [0.717, 1.165) is 17.7 Å². The van der Waals surface area contributed by atoms with Gasteiger partial charge in [-0.25, -0.2) is 8.78 Å². The van der Waals surface area contributed by atoms with Crippen molar-refractivity contribution in [2.24, 2.45) is 0 Å². The Bertz CT molecular complexity index is 1060. The number of rotatable bonds is 3. The molecule has 4 rings (SSSR count). The highest BCUT2D eigenvalue weighted by Gasteiger charge is 2.20. The van der Waals surface area contributed by atoms with Gasteiger partial charge in [-0.2, -0.15) is 4.98 Å². The summed E-state index contributed by atoms with van der Waals surface area (Å²) in [4.78, 5) is 4.05. The topological polar surface area (TPSA) is 59.2 Å². The van der Waals surface area contributed by atoms with E-state index in [2.05, 4.69) is 10.1 Å². The molecule has 0 saturated heterocycles.